The number of amides is 5. The van der Waals surface area contributed by atoms with Crippen molar-refractivity contribution in [2.75, 3.05) is 99.8 Å². The number of sulfonamides is 5. The molecule has 10 N–H and O–H groups in total. The zero-order valence-electron chi connectivity index (χ0n) is 78.7. The van der Waals surface area contributed by atoms with Crippen LogP contribution in [-0.2, 0) is 113 Å². The third-order valence-electron chi connectivity index (χ3n) is 23.0. The number of anilines is 12. The van der Waals surface area contributed by atoms with Crippen molar-refractivity contribution in [2.24, 2.45) is 0 Å². The predicted molar refractivity (Wildman–Crippen MR) is 570 cm³/mol. The highest BCUT2D eigenvalue weighted by Crippen LogP contribution is 2.35. The summed E-state index contributed by atoms with van der Waals surface area (Å²) < 4.78 is 186. The zero-order valence-corrected chi connectivity index (χ0v) is 86.9. The molecule has 0 saturated carbocycles. The number of halogens is 2. The van der Waals surface area contributed by atoms with E-state index in [0.717, 1.165) is 113 Å². The number of fused-ring (bicyclic) bond motifs is 5. The SMILES string of the molecule is CC1Cc2ccccc2N1CCC(=O)Nc1ccc(S(=O)(=O)Nc2ncns2)cc1.COc1ccc2ccn(CCC(=O)Nc3ccc(S(=O)(=O)Nc4nccs4)cc3)c2c1.O=C(CCN1CCc2cc(F)ccc21)Nc1ccc(S(=O)(=O)Nc2ncns2)cc1.O=C(CN1CCc2ccccc2C1)Nc1ccc(S(=O)(=O)Nc2ncns2)cc1.O=C(Cn1ccc2cccc(F)c21)Nc1ccc(S(=O)(=O)Nc2ncns2)cc1. The Balaban J connectivity index is 0.000000133. The van der Waals surface area contributed by atoms with Gasteiger partial charge in [-0.3, -0.25) is 52.5 Å². The Labute approximate surface area is 874 Å². The van der Waals surface area contributed by atoms with Gasteiger partial charge in [-0.15, -0.1) is 11.3 Å². The summed E-state index contributed by atoms with van der Waals surface area (Å²) in [7, 11) is -17.2. The maximum atomic E-state index is 14.0. The van der Waals surface area contributed by atoms with Crippen LogP contribution in [0, 0.1) is 11.6 Å². The Morgan fingerprint density at radius 1 is 0.396 bits per heavy atom. The molecule has 7 aromatic heterocycles. The lowest BCUT2D eigenvalue weighted by atomic mass is 10.00. The quantitative estimate of drug-likeness (QED) is 0.0179. The molecule has 40 nitrogen and oxygen atoms in total. The molecule has 0 fully saturated rings. The lowest BCUT2D eigenvalue weighted by molar-refractivity contribution is -0.118. The molecule has 5 amide bonds. The first-order valence-electron chi connectivity index (χ1n) is 45.3. The van der Waals surface area contributed by atoms with Crippen LogP contribution >= 0.6 is 57.5 Å². The minimum atomic E-state index is -3.80. The van der Waals surface area contributed by atoms with Crippen LogP contribution in [0.5, 0.6) is 5.75 Å². The average Bonchev–Trinajstić information content (AvgIpc) is 1.69. The summed E-state index contributed by atoms with van der Waals surface area (Å²) in [5.74, 6) is -0.865. The van der Waals surface area contributed by atoms with Crippen molar-refractivity contribution in [3.8, 4) is 5.75 Å². The fourth-order valence-electron chi connectivity index (χ4n) is 15.9. The summed E-state index contributed by atoms with van der Waals surface area (Å²) in [4.78, 5) is 87.6. The molecule has 0 spiro atoms. The summed E-state index contributed by atoms with van der Waals surface area (Å²) >= 11 is 4.97. The van der Waals surface area contributed by atoms with E-state index in [-0.39, 0.29) is 106 Å². The fraction of sp³-hybridized carbons (Fsp3) is 0.175. The van der Waals surface area contributed by atoms with Gasteiger partial charge in [0, 0.05) is 186 Å². The fourth-order valence-corrected chi connectivity index (χ4v) is 24.3. The van der Waals surface area contributed by atoms with Crippen molar-refractivity contribution in [2.45, 2.75) is 95.6 Å². The van der Waals surface area contributed by atoms with Crippen molar-refractivity contribution in [3.63, 3.8) is 0 Å². The molecule has 0 aliphatic carbocycles. The third kappa shape index (κ3) is 28.9. The number of nitrogens with one attached hydrogen (secondary N) is 10. The van der Waals surface area contributed by atoms with Crippen molar-refractivity contribution < 1.29 is 79.6 Å². The van der Waals surface area contributed by atoms with Gasteiger partial charge in [-0.25, -0.2) is 75.8 Å². The van der Waals surface area contributed by atoms with Gasteiger partial charge >= 0.3 is 0 Å². The van der Waals surface area contributed by atoms with Crippen LogP contribution < -0.4 is 64.7 Å². The second kappa shape index (κ2) is 48.4. The summed E-state index contributed by atoms with van der Waals surface area (Å²) in [6.07, 6.45) is 13.7. The van der Waals surface area contributed by atoms with E-state index in [2.05, 4.69) is 138 Å². The van der Waals surface area contributed by atoms with Gasteiger partial charge in [-0.2, -0.15) is 17.5 Å². The Hall–Kier alpha value is -15.5. The molecular weight excluding hydrogens is 2120 g/mol. The van der Waals surface area contributed by atoms with Crippen molar-refractivity contribution in [1.82, 2.24) is 56.4 Å². The zero-order chi connectivity index (χ0) is 105. The predicted octanol–water partition coefficient (Wildman–Crippen LogP) is 15.3. The van der Waals surface area contributed by atoms with E-state index in [1.54, 1.807) is 79.4 Å². The van der Waals surface area contributed by atoms with Gasteiger partial charge in [0.25, 0.3) is 50.1 Å². The number of para-hydroxylation sites is 2. The number of benzene rings is 10. The minimum Gasteiger partial charge on any atom is -0.497 e. The maximum Gasteiger partial charge on any atom is 0.263 e. The molecule has 17 aromatic rings. The molecule has 52 heteroatoms. The molecule has 20 rings (SSSR count). The maximum absolute atomic E-state index is 14.0. The number of rotatable bonds is 34. The Morgan fingerprint density at radius 2 is 0.826 bits per heavy atom. The Kier molecular flexibility index (Phi) is 34.5. The van der Waals surface area contributed by atoms with Crippen LogP contribution in [0.25, 0.3) is 21.8 Å². The van der Waals surface area contributed by atoms with E-state index >= 15 is 0 Å². The number of hydrogen-bond donors (Lipinski definition) is 10. The molecule has 0 bridgehead atoms. The molecule has 1 unspecified atom stereocenters. The molecule has 1 atom stereocenters. The topological polar surface area (TPSA) is 521 Å². The Morgan fingerprint density at radius 3 is 1.30 bits per heavy atom. The van der Waals surface area contributed by atoms with Gasteiger partial charge < -0.3 is 50.3 Å². The average molecular weight is 2210 g/mol. The molecule has 3 aliphatic rings. The summed E-state index contributed by atoms with van der Waals surface area (Å²) in [6, 6.07) is 65.4. The van der Waals surface area contributed by atoms with Gasteiger partial charge in [-0.1, -0.05) is 54.6 Å². The minimum absolute atomic E-state index is 0.0178. The molecule has 10 heterocycles. The monoisotopic (exact) mass is 2210 g/mol. The molecule has 3 aliphatic heterocycles. The number of nitrogens with zero attached hydrogens (tertiary/aromatic N) is 14. The molecule has 10 aromatic carbocycles. The number of ether oxygens (including phenoxy) is 1. The van der Waals surface area contributed by atoms with Crippen molar-refractivity contribution in [1.29, 1.82) is 0 Å². The van der Waals surface area contributed by atoms with Crippen LogP contribution in [0.1, 0.15) is 48.4 Å². The standard InChI is InChI=1S/C21H20N4O4S2.C20H21N5O3S2.C19H18FN5O3S2.C19H19N5O3S2.C18H14FN5O3S2/c1-29-17-5-2-15-8-11-25(19(15)14-17)12-9-20(26)23-16-3-6-18(7-4-16)31(27,28)24-21-22-10-13-30-21;1-14-12-15-4-2-3-5-18(15)25(14)11-10-19(26)23-16-6-8-17(9-7-16)30(27,28)24-20-21-13-22-29-20;20-14-1-6-17-13(11-14)7-9-25(17)10-8-18(26)23-15-2-4-16(5-3-15)30(27,28)24-19-21-12-22-29-19;25-18(12-24-10-9-14-3-1-2-4-15(14)11-24)22-16-5-7-17(8-6-16)29(26,27)23-19-20-13-21-28-19;19-15-3-1-2-12-8-9-24(17(12)15)10-16(25)22-13-4-6-14(7-5-13)29(26,27)23-18-20-11-21-28-18/h2-8,10-11,13-14H,9,12H2,1H3,(H,22,24)(H,23,26);2-9,13-14H,10-12H2,1H3,(H,23,26)(H,21,22,24);1-6,11-12H,7-10H2,(H,23,26)(H,21,22,24);1-8,13H,9-12H2,(H,22,25)(H,20,21,23);1-9,11H,10H2,(H,22,25)(H,20,21,23). The summed E-state index contributed by atoms with van der Waals surface area (Å²) in [5.41, 5.74) is 10.9. The van der Waals surface area contributed by atoms with E-state index < -0.39 is 55.9 Å². The first kappa shape index (κ1) is 106. The van der Waals surface area contributed by atoms with Crippen molar-refractivity contribution >= 4 is 224 Å². The third-order valence-corrected chi connectivity index (χ3v) is 33.4. The second-order valence-corrected chi connectivity index (χ2v) is 45.6. The van der Waals surface area contributed by atoms with Gasteiger partial charge in [-0.05, 0) is 230 Å². The van der Waals surface area contributed by atoms with Crippen LogP contribution in [-0.4, -0.2) is 174 Å². The molecule has 0 radical (unpaired) electrons. The van der Waals surface area contributed by atoms with E-state index in [1.807, 2.05) is 59.3 Å². The van der Waals surface area contributed by atoms with Crippen LogP contribution in [0.15, 0.2) is 310 Å². The molecule has 770 valence electrons. The number of aromatic nitrogens is 11. The highest BCUT2D eigenvalue weighted by molar-refractivity contribution is 7.94. The number of aryl methyl sites for hydroxylation is 1. The number of methoxy groups -OCH3 is 1. The largest absolute Gasteiger partial charge is 0.497 e. The summed E-state index contributed by atoms with van der Waals surface area (Å²) in [5, 5.41) is 18.4. The van der Waals surface area contributed by atoms with Crippen LogP contribution in [0.4, 0.5) is 74.3 Å². The lowest BCUT2D eigenvalue weighted by Gasteiger charge is -2.28. The van der Waals surface area contributed by atoms with E-state index in [9.17, 15) is 74.8 Å². The molecule has 149 heavy (non-hydrogen) atoms. The number of carbonyl (C=O) groups excluding carboxylic acids is 5. The van der Waals surface area contributed by atoms with E-state index in [0.29, 0.717) is 76.6 Å². The van der Waals surface area contributed by atoms with Gasteiger partial charge in [0.15, 0.2) is 5.13 Å². The highest BCUT2D eigenvalue weighted by Gasteiger charge is 2.29. The number of thiazole rings is 1. The van der Waals surface area contributed by atoms with Gasteiger partial charge in [0.1, 0.15) is 49.2 Å². The Bertz CT molecular complexity index is 8170. The van der Waals surface area contributed by atoms with Gasteiger partial charge in [0.05, 0.1) is 49.2 Å². The lowest BCUT2D eigenvalue weighted by Crippen LogP contribution is -2.37. The smallest absolute Gasteiger partial charge is 0.263 e. The normalized spacial score (nSPS) is 13.2. The van der Waals surface area contributed by atoms with Crippen LogP contribution in [0.3, 0.4) is 0 Å². The van der Waals surface area contributed by atoms with Crippen LogP contribution in [0.2, 0.25) is 0 Å². The highest BCUT2D eigenvalue weighted by atomic mass is 32.2. The van der Waals surface area contributed by atoms with Gasteiger partial charge in [0.2, 0.25) is 50.1 Å². The van der Waals surface area contributed by atoms with E-state index in [4.69, 9.17) is 4.74 Å². The number of hydrogen-bond acceptors (Lipinski definition) is 33. The van der Waals surface area contributed by atoms with Crippen molar-refractivity contribution in [3.05, 3.63) is 320 Å². The van der Waals surface area contributed by atoms with E-state index in [1.165, 1.54) is 173 Å². The first-order valence-corrected chi connectivity index (χ1v) is 56.7. The number of carbonyl (C=O) groups is 5. The molecule has 0 saturated heterocycles. The first-order chi connectivity index (χ1) is 71.7. The summed E-state index contributed by atoms with van der Waals surface area (Å²) in [6.45, 7) is 6.35. The molecular formula is C97H92F2N24O16S10. The second-order valence-electron chi connectivity index (χ2n) is 33.1.